The van der Waals surface area contributed by atoms with Crippen LogP contribution in [0, 0.1) is 0 Å². The van der Waals surface area contributed by atoms with Crippen molar-refractivity contribution in [2.45, 2.75) is 50.7 Å². The number of piperidine rings is 2. The number of benzene rings is 3. The summed E-state index contributed by atoms with van der Waals surface area (Å²) in [7, 11) is 0. The van der Waals surface area contributed by atoms with E-state index in [4.69, 9.17) is 4.98 Å². The average molecular weight is 545 g/mol. The van der Waals surface area contributed by atoms with Gasteiger partial charge in [0.25, 0.3) is 5.91 Å². The van der Waals surface area contributed by atoms with Gasteiger partial charge in [0.05, 0.1) is 11.2 Å². The van der Waals surface area contributed by atoms with Crippen LogP contribution in [0.2, 0.25) is 0 Å². The topological polar surface area (TPSA) is 82.6 Å². The van der Waals surface area contributed by atoms with Gasteiger partial charge in [-0.25, -0.2) is 4.98 Å². The van der Waals surface area contributed by atoms with E-state index < -0.39 is 6.04 Å². The predicted octanol–water partition coefficient (Wildman–Crippen LogP) is 5.04. The Kier molecular flexibility index (Phi) is 6.59. The molecule has 1 atom stereocenters. The Balaban J connectivity index is 0.996. The van der Waals surface area contributed by atoms with Crippen molar-refractivity contribution in [3.8, 4) is 11.3 Å². The maximum absolute atomic E-state index is 13.0. The van der Waals surface area contributed by atoms with Crippen molar-refractivity contribution in [3.63, 3.8) is 0 Å². The molecule has 7 nitrogen and oxygen atoms in total. The molecule has 7 heteroatoms. The Labute approximate surface area is 239 Å². The quantitative estimate of drug-likeness (QED) is 0.356. The van der Waals surface area contributed by atoms with Crippen molar-refractivity contribution in [3.05, 3.63) is 101 Å². The number of pyridine rings is 1. The molecule has 3 aromatic carbocycles. The van der Waals surface area contributed by atoms with E-state index in [1.54, 1.807) is 4.90 Å². The van der Waals surface area contributed by atoms with Gasteiger partial charge in [0, 0.05) is 36.0 Å². The highest BCUT2D eigenvalue weighted by atomic mass is 16.2. The van der Waals surface area contributed by atoms with Crippen LogP contribution >= 0.6 is 0 Å². The summed E-state index contributed by atoms with van der Waals surface area (Å²) in [6, 6.07) is 26.7. The number of fused-ring (bicyclic) bond motifs is 2. The average Bonchev–Trinajstić information content (AvgIpc) is 3.32. The highest BCUT2D eigenvalue weighted by Gasteiger charge is 2.39. The molecule has 41 heavy (non-hydrogen) atoms. The number of likely N-dealkylation sites (tertiary alicyclic amines) is 1. The van der Waals surface area contributed by atoms with Crippen LogP contribution in [0.3, 0.4) is 0 Å². The minimum Gasteiger partial charge on any atom is -0.322 e. The Morgan fingerprint density at radius 1 is 0.854 bits per heavy atom. The molecule has 1 aromatic heterocycles. The number of hydrogen-bond donors (Lipinski definition) is 1. The van der Waals surface area contributed by atoms with E-state index in [9.17, 15) is 14.4 Å². The molecule has 0 saturated carbocycles. The predicted molar refractivity (Wildman–Crippen MR) is 157 cm³/mol. The van der Waals surface area contributed by atoms with E-state index in [0.717, 1.165) is 60.2 Å². The number of imide groups is 1. The molecule has 0 aliphatic carbocycles. The van der Waals surface area contributed by atoms with Crippen molar-refractivity contribution in [2.24, 2.45) is 0 Å². The molecular weight excluding hydrogens is 512 g/mol. The summed E-state index contributed by atoms with van der Waals surface area (Å²) in [5.41, 5.74) is 7.35. The second-order valence-electron chi connectivity index (χ2n) is 11.5. The van der Waals surface area contributed by atoms with Crippen LogP contribution in [0.1, 0.15) is 58.6 Å². The summed E-state index contributed by atoms with van der Waals surface area (Å²) in [6.45, 7) is 3.35. The number of hydrogen-bond acceptors (Lipinski definition) is 5. The summed E-state index contributed by atoms with van der Waals surface area (Å²) in [4.78, 5) is 46.1. The van der Waals surface area contributed by atoms with E-state index in [-0.39, 0.29) is 24.1 Å². The minimum atomic E-state index is -0.575. The normalized spacial score (nSPS) is 20.0. The molecule has 1 unspecified atom stereocenters. The first-order valence-corrected chi connectivity index (χ1v) is 14.5. The van der Waals surface area contributed by atoms with Gasteiger partial charge in [0.1, 0.15) is 6.04 Å². The second kappa shape index (κ2) is 10.6. The van der Waals surface area contributed by atoms with Crippen molar-refractivity contribution < 1.29 is 14.4 Å². The zero-order valence-corrected chi connectivity index (χ0v) is 22.9. The van der Waals surface area contributed by atoms with Gasteiger partial charge in [-0.1, -0.05) is 60.7 Å². The first-order chi connectivity index (χ1) is 20.0. The molecule has 0 spiro atoms. The van der Waals surface area contributed by atoms with Crippen LogP contribution in [-0.4, -0.2) is 51.6 Å². The van der Waals surface area contributed by atoms with Crippen LogP contribution in [0.5, 0.6) is 0 Å². The van der Waals surface area contributed by atoms with Gasteiger partial charge in [-0.05, 0) is 73.2 Å². The maximum atomic E-state index is 13.0. The number of nitrogens with one attached hydrogen (secondary N) is 1. The molecule has 3 aliphatic rings. The number of carbonyl (C=O) groups excluding carboxylic acids is 3. The highest BCUT2D eigenvalue weighted by Crippen LogP contribution is 2.34. The molecule has 1 N–H and O–H groups in total. The number of nitrogens with zero attached hydrogens (tertiary/aromatic N) is 3. The van der Waals surface area contributed by atoms with Crippen molar-refractivity contribution in [1.29, 1.82) is 0 Å². The van der Waals surface area contributed by atoms with Gasteiger partial charge in [0.15, 0.2) is 0 Å². The first-order valence-electron chi connectivity index (χ1n) is 14.5. The smallest absolute Gasteiger partial charge is 0.255 e. The van der Waals surface area contributed by atoms with Crippen molar-refractivity contribution in [1.82, 2.24) is 20.1 Å². The van der Waals surface area contributed by atoms with Gasteiger partial charge in [0.2, 0.25) is 11.8 Å². The lowest BCUT2D eigenvalue weighted by Gasteiger charge is -2.32. The fourth-order valence-electron chi connectivity index (χ4n) is 6.56. The lowest BCUT2D eigenvalue weighted by Crippen LogP contribution is -2.52. The Bertz CT molecular complexity index is 1660. The molecule has 7 rings (SSSR count). The molecule has 206 valence electrons. The van der Waals surface area contributed by atoms with E-state index in [2.05, 4.69) is 64.8 Å². The van der Waals surface area contributed by atoms with Crippen LogP contribution < -0.4 is 5.32 Å². The third-order valence-electron chi connectivity index (χ3n) is 8.84. The van der Waals surface area contributed by atoms with Gasteiger partial charge < -0.3 is 4.90 Å². The molecule has 0 bridgehead atoms. The van der Waals surface area contributed by atoms with Gasteiger partial charge in [-0.3, -0.25) is 24.6 Å². The minimum absolute atomic E-state index is 0.114. The number of carbonyl (C=O) groups is 3. The standard InChI is InChI=1S/C34H32N4O3/c39-32-13-12-31(33(40)36-32)38-21-27-19-26(8-10-28(27)34(38)41)23-14-16-37(17-15-23)20-22-6-7-25-9-11-29(35-30(25)18-22)24-4-2-1-3-5-24/h1-11,18-19,23,31H,12-17,20-21H2,(H,36,39,40). The summed E-state index contributed by atoms with van der Waals surface area (Å²) in [5.74, 6) is -0.299. The summed E-state index contributed by atoms with van der Waals surface area (Å²) >= 11 is 0. The van der Waals surface area contributed by atoms with Gasteiger partial charge in [-0.15, -0.1) is 0 Å². The zero-order chi connectivity index (χ0) is 27.9. The SMILES string of the molecule is O=C1CCC(N2Cc3cc(C4CCN(Cc5ccc6ccc(-c7ccccc7)nc6c5)CC4)ccc3C2=O)C(=O)N1. The number of rotatable bonds is 5. The van der Waals surface area contributed by atoms with Crippen molar-refractivity contribution >= 4 is 28.6 Å². The summed E-state index contributed by atoms with van der Waals surface area (Å²) in [5, 5.41) is 3.53. The monoisotopic (exact) mass is 544 g/mol. The van der Waals surface area contributed by atoms with E-state index in [1.165, 1.54) is 11.1 Å². The highest BCUT2D eigenvalue weighted by molar-refractivity contribution is 6.05. The van der Waals surface area contributed by atoms with Crippen LogP contribution in [-0.2, 0) is 22.7 Å². The molecule has 4 heterocycles. The Morgan fingerprint density at radius 3 is 2.46 bits per heavy atom. The Morgan fingerprint density at radius 2 is 1.66 bits per heavy atom. The second-order valence-corrected chi connectivity index (χ2v) is 11.5. The van der Waals surface area contributed by atoms with Gasteiger partial charge >= 0.3 is 0 Å². The maximum Gasteiger partial charge on any atom is 0.255 e. The molecule has 3 amide bonds. The largest absolute Gasteiger partial charge is 0.322 e. The summed E-state index contributed by atoms with van der Waals surface area (Å²) < 4.78 is 0. The summed E-state index contributed by atoms with van der Waals surface area (Å²) in [6.07, 6.45) is 2.78. The van der Waals surface area contributed by atoms with Crippen LogP contribution in [0.4, 0.5) is 0 Å². The fourth-order valence-corrected chi connectivity index (χ4v) is 6.56. The van der Waals surface area contributed by atoms with Crippen molar-refractivity contribution in [2.75, 3.05) is 13.1 Å². The molecule has 4 aromatic rings. The zero-order valence-electron chi connectivity index (χ0n) is 22.9. The molecule has 2 saturated heterocycles. The molecular formula is C34H32N4O3. The third kappa shape index (κ3) is 5.02. The first kappa shape index (κ1) is 25.6. The molecule has 3 aliphatic heterocycles. The van der Waals surface area contributed by atoms with E-state index in [1.807, 2.05) is 24.3 Å². The van der Waals surface area contributed by atoms with E-state index >= 15 is 0 Å². The molecule has 2 fully saturated rings. The number of amides is 3. The van der Waals surface area contributed by atoms with Crippen LogP contribution in [0.15, 0.2) is 78.9 Å². The fraction of sp³-hybridized carbons (Fsp3) is 0.294. The van der Waals surface area contributed by atoms with Crippen LogP contribution in [0.25, 0.3) is 22.2 Å². The lowest BCUT2D eigenvalue weighted by atomic mass is 9.87. The third-order valence-corrected chi connectivity index (χ3v) is 8.84. The molecule has 0 radical (unpaired) electrons. The number of aromatic nitrogens is 1. The Hall–Kier alpha value is -4.36. The van der Waals surface area contributed by atoms with E-state index in [0.29, 0.717) is 24.4 Å². The lowest BCUT2D eigenvalue weighted by molar-refractivity contribution is -0.136. The van der Waals surface area contributed by atoms with Gasteiger partial charge in [-0.2, -0.15) is 0 Å².